The fourth-order valence-electron chi connectivity index (χ4n) is 2.61. The van der Waals surface area contributed by atoms with Crippen LogP contribution in [0.3, 0.4) is 0 Å². The van der Waals surface area contributed by atoms with Crippen LogP contribution >= 0.6 is 52.3 Å². The molecule has 0 saturated heterocycles. The van der Waals surface area contributed by atoms with E-state index in [0.29, 0.717) is 13.2 Å². The molecule has 0 amide bonds. The molecule has 0 saturated carbocycles. The summed E-state index contributed by atoms with van der Waals surface area (Å²) in [6.45, 7) is 8.96. The molecular formula is C21H30BrCl3N2O2. The molecule has 0 heterocycles. The summed E-state index contributed by atoms with van der Waals surface area (Å²) in [6, 6.07) is 11.8. The van der Waals surface area contributed by atoms with Gasteiger partial charge in [-0.2, -0.15) is 0 Å². The zero-order chi connectivity index (χ0) is 19.5. The summed E-state index contributed by atoms with van der Waals surface area (Å²) in [5.41, 5.74) is 2.22. The molecule has 8 heteroatoms. The lowest BCUT2D eigenvalue weighted by Crippen LogP contribution is -2.21. The molecule has 0 atom stereocenters. The van der Waals surface area contributed by atoms with Gasteiger partial charge in [0.15, 0.2) is 11.5 Å². The SMILES string of the molecule is CCNCCCNCc1cc(Br)c(OCc2ccc(Cl)cc2)c(OCC)c1.Cl.Cl. The van der Waals surface area contributed by atoms with E-state index in [2.05, 4.69) is 39.6 Å². The topological polar surface area (TPSA) is 42.5 Å². The van der Waals surface area contributed by atoms with Gasteiger partial charge in [0.1, 0.15) is 6.61 Å². The standard InChI is InChI=1S/C21H28BrClN2O2.2ClH/c1-3-24-10-5-11-25-14-17-12-19(22)21(20(13-17)26-4-2)27-15-16-6-8-18(23)9-7-16;;/h6-9,12-13,24-25H,3-5,10-11,14-15H2,1-2H3;2*1H. The van der Waals surface area contributed by atoms with E-state index in [9.17, 15) is 0 Å². The van der Waals surface area contributed by atoms with Gasteiger partial charge in [0, 0.05) is 11.6 Å². The second-order valence-electron chi connectivity index (χ2n) is 6.14. The zero-order valence-electron chi connectivity index (χ0n) is 16.8. The van der Waals surface area contributed by atoms with Crippen molar-refractivity contribution in [3.05, 3.63) is 57.0 Å². The van der Waals surface area contributed by atoms with Gasteiger partial charge in [-0.05, 0) is 84.3 Å². The van der Waals surface area contributed by atoms with E-state index in [1.54, 1.807) is 0 Å². The van der Waals surface area contributed by atoms with Crippen LogP contribution in [0, 0.1) is 0 Å². The summed E-state index contributed by atoms with van der Waals surface area (Å²) in [5.74, 6) is 1.48. The monoisotopic (exact) mass is 526 g/mol. The Morgan fingerprint density at radius 1 is 0.931 bits per heavy atom. The molecule has 0 aliphatic heterocycles. The highest BCUT2D eigenvalue weighted by atomic mass is 79.9. The maximum Gasteiger partial charge on any atom is 0.175 e. The Morgan fingerprint density at radius 3 is 2.28 bits per heavy atom. The van der Waals surface area contributed by atoms with Crippen molar-refractivity contribution in [1.29, 1.82) is 0 Å². The molecule has 0 aromatic heterocycles. The van der Waals surface area contributed by atoms with E-state index in [1.807, 2.05) is 37.3 Å². The molecule has 2 N–H and O–H groups in total. The lowest BCUT2D eigenvalue weighted by molar-refractivity contribution is 0.267. The van der Waals surface area contributed by atoms with Crippen molar-refractivity contribution in [3.63, 3.8) is 0 Å². The quantitative estimate of drug-likeness (QED) is 0.331. The minimum absolute atomic E-state index is 0. The van der Waals surface area contributed by atoms with E-state index in [-0.39, 0.29) is 24.8 Å². The number of halogens is 4. The molecule has 0 spiro atoms. The number of hydrogen-bond acceptors (Lipinski definition) is 4. The van der Waals surface area contributed by atoms with Crippen molar-refractivity contribution in [2.45, 2.75) is 33.4 Å². The first-order valence-corrected chi connectivity index (χ1v) is 10.5. The summed E-state index contributed by atoms with van der Waals surface area (Å²) < 4.78 is 12.7. The molecule has 2 aromatic carbocycles. The second kappa shape index (κ2) is 16.1. The van der Waals surface area contributed by atoms with E-state index < -0.39 is 0 Å². The van der Waals surface area contributed by atoms with Crippen molar-refractivity contribution >= 4 is 52.3 Å². The Labute approximate surface area is 200 Å². The molecule has 0 aliphatic carbocycles. The van der Waals surface area contributed by atoms with Crippen molar-refractivity contribution in [2.75, 3.05) is 26.2 Å². The van der Waals surface area contributed by atoms with Crippen molar-refractivity contribution < 1.29 is 9.47 Å². The molecule has 2 rings (SSSR count). The maximum absolute atomic E-state index is 6.03. The van der Waals surface area contributed by atoms with Gasteiger partial charge in [-0.1, -0.05) is 30.7 Å². The lowest BCUT2D eigenvalue weighted by Gasteiger charge is -2.16. The minimum Gasteiger partial charge on any atom is -0.490 e. The second-order valence-corrected chi connectivity index (χ2v) is 7.43. The summed E-state index contributed by atoms with van der Waals surface area (Å²) in [7, 11) is 0. The van der Waals surface area contributed by atoms with Crippen LogP contribution in [0.25, 0.3) is 0 Å². The fourth-order valence-corrected chi connectivity index (χ4v) is 3.34. The largest absolute Gasteiger partial charge is 0.490 e. The smallest absolute Gasteiger partial charge is 0.175 e. The summed E-state index contributed by atoms with van der Waals surface area (Å²) in [4.78, 5) is 0. The van der Waals surface area contributed by atoms with Gasteiger partial charge in [-0.15, -0.1) is 24.8 Å². The minimum atomic E-state index is 0. The highest BCUT2D eigenvalue weighted by molar-refractivity contribution is 9.10. The van der Waals surface area contributed by atoms with Gasteiger partial charge in [0.25, 0.3) is 0 Å². The molecule has 0 unspecified atom stereocenters. The maximum atomic E-state index is 6.03. The van der Waals surface area contributed by atoms with Crippen molar-refractivity contribution in [1.82, 2.24) is 10.6 Å². The highest BCUT2D eigenvalue weighted by Crippen LogP contribution is 2.37. The first-order valence-electron chi connectivity index (χ1n) is 9.38. The Morgan fingerprint density at radius 2 is 1.62 bits per heavy atom. The average molecular weight is 529 g/mol. The van der Waals surface area contributed by atoms with Gasteiger partial charge in [-0.3, -0.25) is 0 Å². The Bertz CT molecular complexity index is 703. The van der Waals surface area contributed by atoms with Gasteiger partial charge in [0.05, 0.1) is 11.1 Å². The van der Waals surface area contributed by atoms with Crippen LogP contribution in [-0.4, -0.2) is 26.2 Å². The lowest BCUT2D eigenvalue weighted by atomic mass is 10.2. The van der Waals surface area contributed by atoms with Gasteiger partial charge < -0.3 is 20.1 Å². The first kappa shape index (κ1) is 28.3. The third-order valence-corrected chi connectivity index (χ3v) is 4.79. The summed E-state index contributed by atoms with van der Waals surface area (Å²) >= 11 is 9.57. The average Bonchev–Trinajstić information content (AvgIpc) is 2.65. The van der Waals surface area contributed by atoms with Crippen molar-refractivity contribution in [2.24, 2.45) is 0 Å². The Balaban J connectivity index is 0.00000392. The van der Waals surface area contributed by atoms with Crippen molar-refractivity contribution in [3.8, 4) is 11.5 Å². The molecule has 0 fully saturated rings. The molecule has 0 aliphatic rings. The van der Waals surface area contributed by atoms with Crippen LogP contribution in [0.1, 0.15) is 31.4 Å². The van der Waals surface area contributed by atoms with Crippen LogP contribution in [0.2, 0.25) is 5.02 Å². The summed E-state index contributed by atoms with van der Waals surface area (Å²) in [6.07, 6.45) is 1.11. The van der Waals surface area contributed by atoms with E-state index in [4.69, 9.17) is 21.1 Å². The van der Waals surface area contributed by atoms with Gasteiger partial charge >= 0.3 is 0 Å². The molecule has 0 radical (unpaired) electrons. The number of rotatable bonds is 12. The normalized spacial score (nSPS) is 10.1. The first-order chi connectivity index (χ1) is 13.1. The Hall–Kier alpha value is -0.690. The van der Waals surface area contributed by atoms with Crippen LogP contribution in [0.15, 0.2) is 40.9 Å². The van der Waals surface area contributed by atoms with E-state index in [0.717, 1.165) is 64.7 Å². The molecular weight excluding hydrogens is 499 g/mol. The number of benzene rings is 2. The number of hydrogen-bond donors (Lipinski definition) is 2. The van der Waals surface area contributed by atoms with Gasteiger partial charge in [0.2, 0.25) is 0 Å². The predicted octanol–water partition coefficient (Wildman–Crippen LogP) is 6.01. The molecule has 164 valence electrons. The van der Waals surface area contributed by atoms with Gasteiger partial charge in [-0.25, -0.2) is 0 Å². The predicted molar refractivity (Wildman–Crippen MR) is 130 cm³/mol. The molecule has 29 heavy (non-hydrogen) atoms. The van der Waals surface area contributed by atoms with E-state index >= 15 is 0 Å². The Kier molecular flexibility index (Phi) is 15.7. The summed E-state index contributed by atoms with van der Waals surface area (Å²) in [5, 5.41) is 7.52. The molecule has 0 bridgehead atoms. The van der Waals surface area contributed by atoms with Crippen LogP contribution in [-0.2, 0) is 13.2 Å². The van der Waals surface area contributed by atoms with Crippen LogP contribution < -0.4 is 20.1 Å². The van der Waals surface area contributed by atoms with E-state index in [1.165, 1.54) is 0 Å². The third-order valence-electron chi connectivity index (χ3n) is 3.95. The number of nitrogens with one attached hydrogen (secondary N) is 2. The van der Waals surface area contributed by atoms with Crippen LogP contribution in [0.4, 0.5) is 0 Å². The molecule has 2 aromatic rings. The zero-order valence-corrected chi connectivity index (χ0v) is 20.8. The fraction of sp³-hybridized carbons (Fsp3) is 0.429. The highest BCUT2D eigenvalue weighted by Gasteiger charge is 2.12. The van der Waals surface area contributed by atoms with Crippen LogP contribution in [0.5, 0.6) is 11.5 Å². The molecule has 4 nitrogen and oxygen atoms in total. The number of ether oxygens (including phenoxy) is 2. The third kappa shape index (κ3) is 10.3.